The highest BCUT2D eigenvalue weighted by atomic mass is 19.1. The van der Waals surface area contributed by atoms with Gasteiger partial charge >= 0.3 is 6.03 Å². The lowest BCUT2D eigenvalue weighted by molar-refractivity contribution is -0.136. The maximum Gasteiger partial charge on any atom is 0.317 e. The number of carbonyl (C=O) groups is 2. The van der Waals surface area contributed by atoms with Gasteiger partial charge in [0.15, 0.2) is 0 Å². The first-order valence-corrected chi connectivity index (χ1v) is 10.9. The van der Waals surface area contributed by atoms with Gasteiger partial charge in [-0.3, -0.25) is 4.79 Å². The van der Waals surface area contributed by atoms with Gasteiger partial charge in [0.1, 0.15) is 11.6 Å². The van der Waals surface area contributed by atoms with Crippen molar-refractivity contribution in [1.29, 1.82) is 0 Å². The third-order valence-corrected chi connectivity index (χ3v) is 5.88. The number of benzene rings is 2. The number of nitrogens with zero attached hydrogens (tertiary/aromatic N) is 2. The van der Waals surface area contributed by atoms with Gasteiger partial charge in [-0.05, 0) is 24.5 Å². The summed E-state index contributed by atoms with van der Waals surface area (Å²) in [6.45, 7) is 2.23. The van der Waals surface area contributed by atoms with E-state index in [9.17, 15) is 18.4 Å². The Balaban J connectivity index is 1.46. The van der Waals surface area contributed by atoms with Gasteiger partial charge in [-0.2, -0.15) is 0 Å². The number of hydrogen-bond donors (Lipinski definition) is 1. The van der Waals surface area contributed by atoms with Crippen molar-refractivity contribution in [3.63, 3.8) is 0 Å². The highest BCUT2D eigenvalue weighted by molar-refractivity contribution is 5.85. The molecule has 1 saturated heterocycles. The summed E-state index contributed by atoms with van der Waals surface area (Å²) in [5.41, 5.74) is 1.09. The summed E-state index contributed by atoms with van der Waals surface area (Å²) in [5, 5.41) is 2.89. The molecule has 0 bridgehead atoms. The predicted octanol–water partition coefficient (Wildman–Crippen LogP) is 3.28. The molecular weight excluding hydrogens is 416 g/mol. The van der Waals surface area contributed by atoms with Crippen LogP contribution >= 0.6 is 0 Å². The minimum absolute atomic E-state index is 0.0181. The second-order valence-corrected chi connectivity index (χ2v) is 8.18. The second-order valence-electron chi connectivity index (χ2n) is 8.18. The van der Waals surface area contributed by atoms with Gasteiger partial charge in [0.2, 0.25) is 5.91 Å². The molecule has 4 rings (SSSR count). The maximum atomic E-state index is 14.1. The Morgan fingerprint density at radius 2 is 1.81 bits per heavy atom. The molecule has 6 nitrogen and oxygen atoms in total. The van der Waals surface area contributed by atoms with Crippen LogP contribution < -0.4 is 5.32 Å². The van der Waals surface area contributed by atoms with Gasteiger partial charge in [0.05, 0.1) is 25.7 Å². The van der Waals surface area contributed by atoms with Crippen molar-refractivity contribution in [1.82, 2.24) is 15.1 Å². The second kappa shape index (κ2) is 10.1. The van der Waals surface area contributed by atoms with Gasteiger partial charge < -0.3 is 19.9 Å². The molecule has 3 amide bonds. The van der Waals surface area contributed by atoms with E-state index in [-0.39, 0.29) is 36.6 Å². The summed E-state index contributed by atoms with van der Waals surface area (Å²) in [4.78, 5) is 29.6. The molecular formula is C24H27F2N3O3. The minimum Gasteiger partial charge on any atom is -0.378 e. The van der Waals surface area contributed by atoms with Crippen LogP contribution in [0.15, 0.2) is 48.5 Å². The number of morpholine rings is 1. The maximum absolute atomic E-state index is 14.1. The Hall–Kier alpha value is -3.00. The van der Waals surface area contributed by atoms with E-state index >= 15 is 0 Å². The number of carbonyl (C=O) groups excluding carboxylic acids is 2. The van der Waals surface area contributed by atoms with Crippen LogP contribution in [-0.4, -0.2) is 60.6 Å². The lowest BCUT2D eigenvalue weighted by atomic mass is 9.97. The average Bonchev–Trinajstić information content (AvgIpc) is 3.65. The minimum atomic E-state index is -0.673. The van der Waals surface area contributed by atoms with Crippen molar-refractivity contribution in [2.75, 3.05) is 32.8 Å². The first-order chi connectivity index (χ1) is 15.5. The van der Waals surface area contributed by atoms with Gasteiger partial charge in [-0.25, -0.2) is 13.6 Å². The van der Waals surface area contributed by atoms with Crippen LogP contribution in [0.4, 0.5) is 13.6 Å². The van der Waals surface area contributed by atoms with Crippen LogP contribution in [0, 0.1) is 11.6 Å². The molecule has 2 aromatic rings. The van der Waals surface area contributed by atoms with Crippen LogP contribution in [0.25, 0.3) is 0 Å². The molecule has 1 aliphatic heterocycles. The lowest BCUT2D eigenvalue weighted by Crippen LogP contribution is -2.47. The fourth-order valence-electron chi connectivity index (χ4n) is 3.91. The molecule has 1 heterocycles. The Kier molecular flexibility index (Phi) is 6.99. The Bertz CT molecular complexity index is 947. The van der Waals surface area contributed by atoms with Crippen molar-refractivity contribution in [2.45, 2.75) is 31.3 Å². The molecule has 1 atom stereocenters. The van der Waals surface area contributed by atoms with Crippen LogP contribution in [0.5, 0.6) is 0 Å². The number of hydrogen-bond acceptors (Lipinski definition) is 3. The van der Waals surface area contributed by atoms with Crippen molar-refractivity contribution in [2.24, 2.45) is 0 Å². The summed E-state index contributed by atoms with van der Waals surface area (Å²) in [6.07, 6.45) is 1.68. The summed E-state index contributed by atoms with van der Waals surface area (Å²) >= 11 is 0. The average molecular weight is 443 g/mol. The van der Waals surface area contributed by atoms with E-state index in [4.69, 9.17) is 4.74 Å². The van der Waals surface area contributed by atoms with E-state index in [0.717, 1.165) is 24.5 Å². The molecule has 1 aliphatic carbocycles. The molecule has 0 spiro atoms. The van der Waals surface area contributed by atoms with E-state index in [1.54, 1.807) is 9.80 Å². The van der Waals surface area contributed by atoms with Gasteiger partial charge in [-0.15, -0.1) is 0 Å². The highest BCUT2D eigenvalue weighted by Crippen LogP contribution is 2.29. The van der Waals surface area contributed by atoms with Crippen LogP contribution in [0.3, 0.4) is 0 Å². The third kappa shape index (κ3) is 5.43. The zero-order valence-corrected chi connectivity index (χ0v) is 17.8. The lowest BCUT2D eigenvalue weighted by Gasteiger charge is -2.31. The normalized spacial score (nSPS) is 17.0. The Morgan fingerprint density at radius 1 is 1.09 bits per heavy atom. The summed E-state index contributed by atoms with van der Waals surface area (Å²) in [6, 6.07) is 12.4. The van der Waals surface area contributed by atoms with Crippen molar-refractivity contribution >= 4 is 11.9 Å². The molecule has 32 heavy (non-hydrogen) atoms. The Morgan fingerprint density at radius 3 is 2.47 bits per heavy atom. The van der Waals surface area contributed by atoms with Gasteiger partial charge in [0, 0.05) is 37.3 Å². The zero-order chi connectivity index (χ0) is 22.5. The molecule has 8 heteroatoms. The SMILES string of the molecule is O=C(C(CNC(=O)N(Cc1ccc(F)cc1F)C1CC1)c1ccccc1)N1CCOCC1. The third-order valence-electron chi connectivity index (χ3n) is 5.88. The first kappa shape index (κ1) is 22.2. The van der Waals surface area contributed by atoms with E-state index in [0.29, 0.717) is 26.3 Å². The van der Waals surface area contributed by atoms with Crippen LogP contribution in [0.1, 0.15) is 29.9 Å². The van der Waals surface area contributed by atoms with Crippen molar-refractivity contribution < 1.29 is 23.1 Å². The number of halogens is 2. The topological polar surface area (TPSA) is 61.9 Å². The highest BCUT2D eigenvalue weighted by Gasteiger charge is 2.34. The molecule has 1 unspecified atom stereocenters. The van der Waals surface area contributed by atoms with Gasteiger partial charge in [0.25, 0.3) is 0 Å². The van der Waals surface area contributed by atoms with E-state index in [1.807, 2.05) is 30.3 Å². The fourth-order valence-corrected chi connectivity index (χ4v) is 3.91. The standard InChI is InChI=1S/C24H27F2N3O3/c25-19-7-6-18(22(26)14-19)16-29(20-8-9-20)24(31)27-15-21(17-4-2-1-3-5-17)23(30)28-10-12-32-13-11-28/h1-7,14,20-21H,8-13,15-16H2,(H,27,31). The quantitative estimate of drug-likeness (QED) is 0.715. The number of amides is 3. The van der Waals surface area contributed by atoms with Crippen LogP contribution in [0.2, 0.25) is 0 Å². The molecule has 0 radical (unpaired) electrons. The van der Waals surface area contributed by atoms with Crippen LogP contribution in [-0.2, 0) is 16.1 Å². The fraction of sp³-hybridized carbons (Fsp3) is 0.417. The van der Waals surface area contributed by atoms with E-state index < -0.39 is 17.6 Å². The molecule has 2 aliphatic rings. The zero-order valence-electron chi connectivity index (χ0n) is 17.8. The summed E-state index contributed by atoms with van der Waals surface area (Å²) < 4.78 is 32.7. The smallest absolute Gasteiger partial charge is 0.317 e. The molecule has 170 valence electrons. The summed E-state index contributed by atoms with van der Waals surface area (Å²) in [5.74, 6) is -1.90. The monoisotopic (exact) mass is 443 g/mol. The van der Waals surface area contributed by atoms with Crippen molar-refractivity contribution in [3.8, 4) is 0 Å². The first-order valence-electron chi connectivity index (χ1n) is 10.9. The summed E-state index contributed by atoms with van der Waals surface area (Å²) in [7, 11) is 0. The Labute approximate surface area is 186 Å². The number of ether oxygens (including phenoxy) is 1. The number of rotatable bonds is 7. The largest absolute Gasteiger partial charge is 0.378 e. The van der Waals surface area contributed by atoms with Crippen molar-refractivity contribution in [3.05, 3.63) is 71.3 Å². The molecule has 0 aromatic heterocycles. The number of urea groups is 1. The van der Waals surface area contributed by atoms with E-state index in [2.05, 4.69) is 5.32 Å². The molecule has 1 N–H and O–H groups in total. The molecule has 1 saturated carbocycles. The number of nitrogens with one attached hydrogen (secondary N) is 1. The van der Waals surface area contributed by atoms with E-state index in [1.165, 1.54) is 12.1 Å². The van der Waals surface area contributed by atoms with Gasteiger partial charge in [-0.1, -0.05) is 36.4 Å². The molecule has 2 fully saturated rings. The predicted molar refractivity (Wildman–Crippen MR) is 115 cm³/mol. The molecule has 2 aromatic carbocycles.